The molecule has 3 nitrogen and oxygen atoms in total. The number of aromatic nitrogens is 1. The molecule has 0 bridgehead atoms. The van der Waals surface area contributed by atoms with Crippen LogP contribution in [0, 0.1) is 18.3 Å². The molecule has 1 heterocycles. The fourth-order valence-electron chi connectivity index (χ4n) is 1.45. The first-order valence-electron chi connectivity index (χ1n) is 4.78. The molecule has 0 aliphatic carbocycles. The third kappa shape index (κ3) is 2.64. The van der Waals surface area contributed by atoms with E-state index in [9.17, 15) is 13.2 Å². The minimum absolute atomic E-state index is 0.0166. The maximum absolute atomic E-state index is 12.9. The molecular formula is C10H10BrF3N2O. The molecule has 1 aromatic rings. The van der Waals surface area contributed by atoms with Gasteiger partial charge in [-0.3, -0.25) is 0 Å². The van der Waals surface area contributed by atoms with Gasteiger partial charge in [0.2, 0.25) is 0 Å². The molecular weight excluding hydrogens is 301 g/mol. The Bertz CT molecular complexity index is 460. The number of halogens is 4. The maximum Gasteiger partial charge on any atom is 0.432 e. The zero-order chi connectivity index (χ0) is 13.2. The quantitative estimate of drug-likeness (QED) is 0.857. The van der Waals surface area contributed by atoms with Crippen LogP contribution in [0.25, 0.3) is 0 Å². The first-order valence-corrected chi connectivity index (χ1v) is 5.57. The van der Waals surface area contributed by atoms with E-state index in [-0.39, 0.29) is 22.5 Å². The van der Waals surface area contributed by atoms with Crippen molar-refractivity contribution in [3.63, 3.8) is 0 Å². The first kappa shape index (κ1) is 14.1. The second-order valence-electron chi connectivity index (χ2n) is 3.28. The summed E-state index contributed by atoms with van der Waals surface area (Å²) in [4.78, 5) is 0. The largest absolute Gasteiger partial charge is 0.432 e. The van der Waals surface area contributed by atoms with Gasteiger partial charge in [0.25, 0.3) is 0 Å². The minimum atomic E-state index is -4.53. The van der Waals surface area contributed by atoms with Gasteiger partial charge in [-0.1, -0.05) is 0 Å². The van der Waals surface area contributed by atoms with Crippen LogP contribution in [-0.2, 0) is 17.6 Å². The summed E-state index contributed by atoms with van der Waals surface area (Å²) in [7, 11) is 0. The standard InChI is InChI=1S/C10H10BrF3N2O/c1-3-17-5-16-6(2)7(4-15)8(11)9(16)10(12,13)14/h3,5H2,1-2H3. The van der Waals surface area contributed by atoms with Crippen molar-refractivity contribution in [3.05, 3.63) is 21.4 Å². The van der Waals surface area contributed by atoms with E-state index in [2.05, 4.69) is 15.9 Å². The second-order valence-corrected chi connectivity index (χ2v) is 4.08. The summed E-state index contributed by atoms with van der Waals surface area (Å²) >= 11 is 2.82. The Morgan fingerprint density at radius 1 is 1.47 bits per heavy atom. The summed E-state index contributed by atoms with van der Waals surface area (Å²) in [5.41, 5.74) is -0.669. The van der Waals surface area contributed by atoms with Gasteiger partial charge in [-0.15, -0.1) is 0 Å². The van der Waals surface area contributed by atoms with Gasteiger partial charge in [0.1, 0.15) is 18.5 Å². The molecule has 0 fully saturated rings. The zero-order valence-electron chi connectivity index (χ0n) is 9.23. The molecule has 0 unspecified atom stereocenters. The number of nitrogens with zero attached hydrogens (tertiary/aromatic N) is 2. The highest BCUT2D eigenvalue weighted by Gasteiger charge is 2.39. The van der Waals surface area contributed by atoms with Gasteiger partial charge in [0, 0.05) is 12.3 Å². The smallest absolute Gasteiger partial charge is 0.361 e. The normalized spacial score (nSPS) is 11.6. The van der Waals surface area contributed by atoms with E-state index in [1.807, 2.05) is 0 Å². The maximum atomic E-state index is 12.9. The van der Waals surface area contributed by atoms with Gasteiger partial charge in [-0.2, -0.15) is 18.4 Å². The van der Waals surface area contributed by atoms with E-state index in [1.165, 1.54) is 6.92 Å². The molecule has 0 N–H and O–H groups in total. The number of alkyl halides is 3. The number of hydrogen-bond acceptors (Lipinski definition) is 2. The lowest BCUT2D eigenvalue weighted by molar-refractivity contribution is -0.146. The predicted molar refractivity (Wildman–Crippen MR) is 58.2 cm³/mol. The fraction of sp³-hybridized carbons (Fsp3) is 0.500. The Morgan fingerprint density at radius 3 is 2.47 bits per heavy atom. The number of ether oxygens (including phenoxy) is 1. The Balaban J connectivity index is 3.40. The SMILES string of the molecule is CCOCn1c(C)c(C#N)c(Br)c1C(F)(F)F. The van der Waals surface area contributed by atoms with Crippen LogP contribution >= 0.6 is 15.9 Å². The van der Waals surface area contributed by atoms with Crippen molar-refractivity contribution in [1.82, 2.24) is 4.57 Å². The van der Waals surface area contributed by atoms with Crippen molar-refractivity contribution in [3.8, 4) is 6.07 Å². The molecule has 17 heavy (non-hydrogen) atoms. The Kier molecular flexibility index (Phi) is 4.22. The van der Waals surface area contributed by atoms with Crippen molar-refractivity contribution < 1.29 is 17.9 Å². The van der Waals surface area contributed by atoms with E-state index in [0.717, 1.165) is 4.57 Å². The average Bonchev–Trinajstić information content (AvgIpc) is 2.46. The number of hydrogen-bond donors (Lipinski definition) is 0. The van der Waals surface area contributed by atoms with Gasteiger partial charge in [-0.05, 0) is 29.8 Å². The van der Waals surface area contributed by atoms with Crippen LogP contribution in [0.5, 0.6) is 0 Å². The van der Waals surface area contributed by atoms with Gasteiger partial charge >= 0.3 is 6.18 Å². The highest BCUT2D eigenvalue weighted by Crippen LogP contribution is 2.39. The summed E-state index contributed by atoms with van der Waals surface area (Å²) in [6, 6.07) is 1.75. The third-order valence-corrected chi connectivity index (χ3v) is 3.04. The average molecular weight is 311 g/mol. The van der Waals surface area contributed by atoms with E-state index in [0.29, 0.717) is 6.61 Å². The summed E-state index contributed by atoms with van der Waals surface area (Å²) in [6.45, 7) is 3.22. The first-order chi connectivity index (χ1) is 7.84. The van der Waals surface area contributed by atoms with E-state index in [1.54, 1.807) is 13.0 Å². The van der Waals surface area contributed by atoms with E-state index in [4.69, 9.17) is 10.00 Å². The topological polar surface area (TPSA) is 38.0 Å². The molecule has 0 amide bonds. The van der Waals surface area contributed by atoms with Crippen molar-refractivity contribution >= 4 is 15.9 Å². The summed E-state index contributed by atoms with van der Waals surface area (Å²) in [5.74, 6) is 0. The molecule has 0 saturated heterocycles. The van der Waals surface area contributed by atoms with Crippen molar-refractivity contribution in [2.24, 2.45) is 0 Å². The van der Waals surface area contributed by atoms with E-state index < -0.39 is 11.9 Å². The third-order valence-electron chi connectivity index (χ3n) is 2.27. The molecule has 0 radical (unpaired) electrons. The van der Waals surface area contributed by atoms with Gasteiger partial charge in [0.15, 0.2) is 0 Å². The van der Waals surface area contributed by atoms with Crippen LogP contribution in [0.4, 0.5) is 13.2 Å². The molecule has 7 heteroatoms. The lowest BCUT2D eigenvalue weighted by Gasteiger charge is -2.13. The Morgan fingerprint density at radius 2 is 2.06 bits per heavy atom. The van der Waals surface area contributed by atoms with Gasteiger partial charge in [-0.25, -0.2) is 0 Å². The molecule has 1 rings (SSSR count). The highest BCUT2D eigenvalue weighted by atomic mass is 79.9. The van der Waals surface area contributed by atoms with Gasteiger partial charge < -0.3 is 9.30 Å². The highest BCUT2D eigenvalue weighted by molar-refractivity contribution is 9.10. The van der Waals surface area contributed by atoms with Crippen LogP contribution < -0.4 is 0 Å². The minimum Gasteiger partial charge on any atom is -0.361 e. The van der Waals surface area contributed by atoms with Crippen molar-refractivity contribution in [2.45, 2.75) is 26.8 Å². The number of rotatable bonds is 3. The fourth-order valence-corrected chi connectivity index (χ4v) is 2.26. The molecule has 0 spiro atoms. The predicted octanol–water partition coefficient (Wildman–Crippen LogP) is 3.44. The molecule has 0 atom stereocenters. The Hall–Kier alpha value is -1.00. The Labute approximate surface area is 105 Å². The second kappa shape index (κ2) is 5.10. The molecule has 0 aromatic carbocycles. The summed E-state index contributed by atoms with van der Waals surface area (Å²) in [6.07, 6.45) is -4.53. The lowest BCUT2D eigenvalue weighted by Crippen LogP contribution is -2.16. The molecule has 0 aliphatic rings. The van der Waals surface area contributed by atoms with Crippen LogP contribution in [0.2, 0.25) is 0 Å². The van der Waals surface area contributed by atoms with Crippen LogP contribution in [0.15, 0.2) is 4.47 Å². The monoisotopic (exact) mass is 310 g/mol. The van der Waals surface area contributed by atoms with Crippen LogP contribution in [0.3, 0.4) is 0 Å². The van der Waals surface area contributed by atoms with Crippen molar-refractivity contribution in [1.29, 1.82) is 5.26 Å². The molecule has 0 saturated carbocycles. The summed E-state index contributed by atoms with van der Waals surface area (Å²) in [5, 5.41) is 8.83. The molecule has 94 valence electrons. The number of nitriles is 1. The lowest BCUT2D eigenvalue weighted by atomic mass is 10.3. The zero-order valence-corrected chi connectivity index (χ0v) is 10.8. The summed E-state index contributed by atoms with van der Waals surface area (Å²) < 4.78 is 44.3. The molecule has 1 aromatic heterocycles. The van der Waals surface area contributed by atoms with Crippen LogP contribution in [-0.4, -0.2) is 11.2 Å². The van der Waals surface area contributed by atoms with Crippen molar-refractivity contribution in [2.75, 3.05) is 6.61 Å². The van der Waals surface area contributed by atoms with E-state index >= 15 is 0 Å². The van der Waals surface area contributed by atoms with Gasteiger partial charge in [0.05, 0.1) is 10.0 Å². The van der Waals surface area contributed by atoms with Crippen LogP contribution in [0.1, 0.15) is 23.9 Å². The molecule has 0 aliphatic heterocycles.